The number of nitrogens with zero attached hydrogens (tertiary/aromatic N) is 3. The average molecular weight is 344 g/mol. The molecule has 0 unspecified atom stereocenters. The summed E-state index contributed by atoms with van der Waals surface area (Å²) >= 11 is 0. The maximum atomic E-state index is 9.42. The van der Waals surface area contributed by atoms with Crippen LogP contribution in [0.4, 0.5) is 5.82 Å². The van der Waals surface area contributed by atoms with Crippen molar-refractivity contribution >= 4 is 27.6 Å². The molecule has 0 spiro atoms. The highest BCUT2D eigenvalue weighted by atomic mass is 16.5. The number of nitrogens with one attached hydrogen (secondary N) is 2. The van der Waals surface area contributed by atoms with Crippen molar-refractivity contribution in [2.24, 2.45) is 5.92 Å². The third kappa shape index (κ3) is 2.35. The molecule has 4 N–H and O–H groups in total. The van der Waals surface area contributed by atoms with Crippen LogP contribution in [-0.4, -0.2) is 27.0 Å². The first-order valence-corrected chi connectivity index (χ1v) is 8.52. The molecular weight excluding hydrogens is 328 g/mol. The number of aromatic amines is 2. The van der Waals surface area contributed by atoms with Crippen LogP contribution in [0.2, 0.25) is 0 Å². The molecule has 7 heteroatoms. The van der Waals surface area contributed by atoms with E-state index in [-0.39, 0.29) is 0 Å². The molecule has 0 amide bonds. The predicted octanol–water partition coefficient (Wildman–Crippen LogP) is 3.35. The Balaban J connectivity index is 1.63. The minimum Gasteiger partial charge on any atom is -0.492 e. The van der Waals surface area contributed by atoms with Gasteiger partial charge in [0.25, 0.3) is 0 Å². The molecule has 128 valence electrons. The van der Waals surface area contributed by atoms with Gasteiger partial charge in [-0.05, 0) is 43.0 Å². The quantitative estimate of drug-likeness (QED) is 0.525. The first-order chi connectivity index (χ1) is 12.7. The Hall–Kier alpha value is -3.53. The fraction of sp³-hybridized carbons (Fsp3) is 0.211. The summed E-state index contributed by atoms with van der Waals surface area (Å²) in [6, 6.07) is 11.8. The van der Waals surface area contributed by atoms with Crippen LogP contribution in [0.25, 0.3) is 33.1 Å². The van der Waals surface area contributed by atoms with Crippen LogP contribution in [0.1, 0.15) is 18.4 Å². The number of hydrogen-bond donors (Lipinski definition) is 3. The van der Waals surface area contributed by atoms with E-state index in [0.717, 1.165) is 33.1 Å². The molecular formula is C19H16N6O. The maximum Gasteiger partial charge on any atom is 0.153 e. The molecule has 0 bridgehead atoms. The van der Waals surface area contributed by atoms with Crippen molar-refractivity contribution in [3.05, 3.63) is 35.9 Å². The van der Waals surface area contributed by atoms with Gasteiger partial charge >= 0.3 is 0 Å². The predicted molar refractivity (Wildman–Crippen MR) is 98.5 cm³/mol. The lowest BCUT2D eigenvalue weighted by Gasteiger charge is -2.08. The Kier molecular flexibility index (Phi) is 3.12. The molecule has 1 aliphatic carbocycles. The van der Waals surface area contributed by atoms with Gasteiger partial charge in [-0.2, -0.15) is 15.5 Å². The van der Waals surface area contributed by atoms with Gasteiger partial charge in [0.2, 0.25) is 0 Å². The molecule has 1 aliphatic rings. The van der Waals surface area contributed by atoms with Gasteiger partial charge in [-0.25, -0.2) is 0 Å². The summed E-state index contributed by atoms with van der Waals surface area (Å²) in [5.41, 5.74) is 9.84. The number of anilines is 1. The van der Waals surface area contributed by atoms with Crippen LogP contribution < -0.4 is 10.5 Å². The second kappa shape index (κ2) is 5.49. The van der Waals surface area contributed by atoms with E-state index >= 15 is 0 Å². The van der Waals surface area contributed by atoms with Gasteiger partial charge in [-0.15, -0.1) is 0 Å². The Morgan fingerprint density at radius 3 is 2.77 bits per heavy atom. The maximum absolute atomic E-state index is 9.42. The number of fused-ring (bicyclic) bond motifs is 2. The molecule has 0 radical (unpaired) electrons. The van der Waals surface area contributed by atoms with Crippen molar-refractivity contribution < 1.29 is 4.74 Å². The van der Waals surface area contributed by atoms with E-state index in [1.807, 2.05) is 24.3 Å². The van der Waals surface area contributed by atoms with Crippen molar-refractivity contribution in [3.63, 3.8) is 0 Å². The van der Waals surface area contributed by atoms with Gasteiger partial charge in [0.05, 0.1) is 23.2 Å². The summed E-state index contributed by atoms with van der Waals surface area (Å²) in [4.78, 5) is 0. The largest absolute Gasteiger partial charge is 0.492 e. The van der Waals surface area contributed by atoms with Crippen molar-refractivity contribution in [2.45, 2.75) is 12.8 Å². The highest BCUT2D eigenvalue weighted by Gasteiger charge is 2.23. The van der Waals surface area contributed by atoms with Gasteiger partial charge in [0, 0.05) is 16.3 Å². The van der Waals surface area contributed by atoms with E-state index in [1.165, 1.54) is 12.8 Å². The van der Waals surface area contributed by atoms with E-state index in [9.17, 15) is 5.26 Å². The molecule has 0 saturated heterocycles. The summed E-state index contributed by atoms with van der Waals surface area (Å²) < 4.78 is 5.90. The van der Waals surface area contributed by atoms with Gasteiger partial charge in [0.1, 0.15) is 17.5 Å². The molecule has 26 heavy (non-hydrogen) atoms. The van der Waals surface area contributed by atoms with Crippen molar-refractivity contribution in [1.29, 1.82) is 5.26 Å². The standard InChI is InChI=1S/C19H16N6O/c20-8-12-6-16-13(7-17(12)26-9-10-1-2-10)18(24-23-16)11-3-4-15-14(5-11)19(21)25-22-15/h3-7,10H,1-2,9H2,(H,23,24)(H3,21,22,25). The van der Waals surface area contributed by atoms with E-state index in [4.69, 9.17) is 10.5 Å². The summed E-state index contributed by atoms with van der Waals surface area (Å²) in [5, 5.41) is 25.6. The first-order valence-electron chi connectivity index (χ1n) is 8.52. The zero-order valence-corrected chi connectivity index (χ0v) is 13.9. The lowest BCUT2D eigenvalue weighted by molar-refractivity contribution is 0.299. The molecule has 0 atom stereocenters. The Morgan fingerprint density at radius 1 is 1.12 bits per heavy atom. The SMILES string of the molecule is N#Cc1cc2[nH]nc(-c3ccc4[nH]nc(N)c4c3)c2cc1OCC1CC1. The normalized spacial score (nSPS) is 14.0. The smallest absolute Gasteiger partial charge is 0.153 e. The minimum absolute atomic E-state index is 0.460. The second-order valence-electron chi connectivity index (χ2n) is 6.70. The van der Waals surface area contributed by atoms with E-state index in [2.05, 4.69) is 26.5 Å². The highest BCUT2D eigenvalue weighted by molar-refractivity contribution is 5.98. The van der Waals surface area contributed by atoms with Crippen LogP contribution in [0, 0.1) is 17.2 Å². The minimum atomic E-state index is 0.460. The van der Waals surface area contributed by atoms with Crippen LogP contribution in [0.5, 0.6) is 5.75 Å². The van der Waals surface area contributed by atoms with Crippen LogP contribution in [-0.2, 0) is 0 Å². The average Bonchev–Trinajstić information content (AvgIpc) is 3.30. The van der Waals surface area contributed by atoms with E-state index in [1.54, 1.807) is 6.07 Å². The van der Waals surface area contributed by atoms with Crippen LogP contribution >= 0.6 is 0 Å². The van der Waals surface area contributed by atoms with E-state index in [0.29, 0.717) is 29.7 Å². The van der Waals surface area contributed by atoms with Crippen molar-refractivity contribution in [3.8, 4) is 23.1 Å². The number of H-pyrrole nitrogens is 2. The summed E-state index contributed by atoms with van der Waals surface area (Å²) in [5.74, 6) is 1.69. The zero-order chi connectivity index (χ0) is 17.7. The van der Waals surface area contributed by atoms with Crippen LogP contribution in [0.15, 0.2) is 30.3 Å². The first kappa shape index (κ1) is 14.8. The zero-order valence-electron chi connectivity index (χ0n) is 13.9. The van der Waals surface area contributed by atoms with Gasteiger partial charge in [-0.3, -0.25) is 10.2 Å². The lowest BCUT2D eigenvalue weighted by Crippen LogP contribution is -2.00. The Labute approximate surface area is 148 Å². The fourth-order valence-electron chi connectivity index (χ4n) is 3.15. The summed E-state index contributed by atoms with van der Waals surface area (Å²) in [6.45, 7) is 0.658. The van der Waals surface area contributed by atoms with Crippen molar-refractivity contribution in [2.75, 3.05) is 12.3 Å². The van der Waals surface area contributed by atoms with Gasteiger partial charge in [-0.1, -0.05) is 6.07 Å². The molecule has 1 saturated carbocycles. The third-order valence-corrected chi connectivity index (χ3v) is 4.82. The summed E-state index contributed by atoms with van der Waals surface area (Å²) in [7, 11) is 0. The molecule has 1 fully saturated rings. The number of ether oxygens (including phenoxy) is 1. The molecule has 2 aromatic carbocycles. The molecule has 0 aliphatic heterocycles. The molecule has 2 aromatic heterocycles. The molecule has 5 rings (SSSR count). The second-order valence-corrected chi connectivity index (χ2v) is 6.70. The topological polar surface area (TPSA) is 116 Å². The third-order valence-electron chi connectivity index (χ3n) is 4.82. The number of aromatic nitrogens is 4. The Bertz CT molecular complexity index is 1180. The Morgan fingerprint density at radius 2 is 1.96 bits per heavy atom. The summed E-state index contributed by atoms with van der Waals surface area (Å²) in [6.07, 6.45) is 2.40. The lowest BCUT2D eigenvalue weighted by atomic mass is 10.0. The van der Waals surface area contributed by atoms with Gasteiger partial charge in [0.15, 0.2) is 5.82 Å². The van der Waals surface area contributed by atoms with Gasteiger partial charge < -0.3 is 10.5 Å². The number of nitrogens with two attached hydrogens (primary N) is 1. The van der Waals surface area contributed by atoms with Crippen molar-refractivity contribution in [1.82, 2.24) is 20.4 Å². The molecule has 2 heterocycles. The molecule has 7 nitrogen and oxygen atoms in total. The van der Waals surface area contributed by atoms with Crippen LogP contribution in [0.3, 0.4) is 0 Å². The highest BCUT2D eigenvalue weighted by Crippen LogP contribution is 2.35. The number of nitriles is 1. The fourth-order valence-corrected chi connectivity index (χ4v) is 3.15. The monoisotopic (exact) mass is 344 g/mol. The molecule has 4 aromatic rings. The number of nitrogen functional groups attached to an aromatic ring is 1. The number of hydrogen-bond acceptors (Lipinski definition) is 5. The number of rotatable bonds is 4. The van der Waals surface area contributed by atoms with E-state index < -0.39 is 0 Å². The number of benzene rings is 2.